The maximum atomic E-state index is 12.1. The molecule has 0 bridgehead atoms. The Bertz CT molecular complexity index is 669. The van der Waals surface area contributed by atoms with Crippen LogP contribution in [0.15, 0.2) is 24.3 Å². The van der Waals surface area contributed by atoms with Gasteiger partial charge in [-0.05, 0) is 18.1 Å². The van der Waals surface area contributed by atoms with E-state index in [0.717, 1.165) is 23.9 Å². The largest absolute Gasteiger partial charge is 0.311 e. The van der Waals surface area contributed by atoms with E-state index < -0.39 is 21.8 Å². The first kappa shape index (κ1) is 15.5. The van der Waals surface area contributed by atoms with Crippen molar-refractivity contribution in [3.63, 3.8) is 0 Å². The standard InChI is InChI=1S/C14H18N2O4S/c1-3-10-6-4-5-7-12(10)16-9-11(8-13(16)17)14(18)15-21(2,19)20/h4-7,11H,3,8-9H2,1-2H3,(H,15,18). The number of nitrogens with zero attached hydrogens (tertiary/aromatic N) is 1. The predicted octanol–water partition coefficient (Wildman–Crippen LogP) is 0.678. The minimum absolute atomic E-state index is 0.0272. The Morgan fingerprint density at radius 2 is 2.05 bits per heavy atom. The van der Waals surface area contributed by atoms with E-state index >= 15 is 0 Å². The fourth-order valence-electron chi connectivity index (χ4n) is 2.46. The van der Waals surface area contributed by atoms with E-state index in [1.165, 1.54) is 0 Å². The Kier molecular flexibility index (Phi) is 4.32. The molecule has 1 aromatic carbocycles. The minimum Gasteiger partial charge on any atom is -0.311 e. The van der Waals surface area contributed by atoms with Crippen LogP contribution in [0, 0.1) is 5.92 Å². The van der Waals surface area contributed by atoms with Crippen LogP contribution in [0.5, 0.6) is 0 Å². The Morgan fingerprint density at radius 1 is 1.38 bits per heavy atom. The molecule has 1 saturated heterocycles. The molecular weight excluding hydrogens is 292 g/mol. The van der Waals surface area contributed by atoms with Crippen LogP contribution in [0.25, 0.3) is 0 Å². The van der Waals surface area contributed by atoms with E-state index in [9.17, 15) is 18.0 Å². The topological polar surface area (TPSA) is 83.6 Å². The summed E-state index contributed by atoms with van der Waals surface area (Å²) in [6.45, 7) is 2.20. The average molecular weight is 310 g/mol. The fourth-order valence-corrected chi connectivity index (χ4v) is 2.99. The first-order chi connectivity index (χ1) is 9.81. The number of sulfonamides is 1. The SMILES string of the molecule is CCc1ccccc1N1CC(C(=O)NS(C)(=O)=O)CC1=O. The summed E-state index contributed by atoms with van der Waals surface area (Å²) in [4.78, 5) is 25.5. The number of nitrogens with one attached hydrogen (secondary N) is 1. The highest BCUT2D eigenvalue weighted by Gasteiger charge is 2.36. The van der Waals surface area contributed by atoms with Crippen molar-refractivity contribution in [2.24, 2.45) is 5.92 Å². The normalized spacial score (nSPS) is 18.9. The number of para-hydroxylation sites is 1. The monoisotopic (exact) mass is 310 g/mol. The second-order valence-electron chi connectivity index (χ2n) is 5.13. The number of rotatable bonds is 4. The van der Waals surface area contributed by atoms with E-state index in [1.54, 1.807) is 4.90 Å². The lowest BCUT2D eigenvalue weighted by Crippen LogP contribution is -2.36. The Hall–Kier alpha value is -1.89. The molecule has 1 atom stereocenters. The van der Waals surface area contributed by atoms with Gasteiger partial charge < -0.3 is 4.90 Å². The summed E-state index contributed by atoms with van der Waals surface area (Å²) in [5.41, 5.74) is 1.81. The van der Waals surface area contributed by atoms with Crippen LogP contribution >= 0.6 is 0 Å². The quantitative estimate of drug-likeness (QED) is 0.886. The summed E-state index contributed by atoms with van der Waals surface area (Å²) < 4.78 is 24.1. The van der Waals surface area contributed by atoms with Crippen molar-refractivity contribution in [2.75, 3.05) is 17.7 Å². The third kappa shape index (κ3) is 3.60. The molecule has 1 aromatic rings. The number of carbonyl (C=O) groups is 2. The molecule has 0 radical (unpaired) electrons. The van der Waals surface area contributed by atoms with Crippen molar-refractivity contribution >= 4 is 27.5 Å². The average Bonchev–Trinajstić information content (AvgIpc) is 2.79. The molecule has 7 heteroatoms. The van der Waals surface area contributed by atoms with E-state index in [1.807, 2.05) is 35.9 Å². The summed E-state index contributed by atoms with van der Waals surface area (Å²) in [5, 5.41) is 0. The molecule has 0 aromatic heterocycles. The van der Waals surface area contributed by atoms with Crippen molar-refractivity contribution in [3.05, 3.63) is 29.8 Å². The lowest BCUT2D eigenvalue weighted by molar-refractivity contribution is -0.124. The number of hydrogen-bond donors (Lipinski definition) is 1. The molecule has 6 nitrogen and oxygen atoms in total. The third-order valence-corrected chi connectivity index (χ3v) is 4.02. The lowest BCUT2D eigenvalue weighted by Gasteiger charge is -2.19. The van der Waals surface area contributed by atoms with Crippen LogP contribution in [0.1, 0.15) is 18.9 Å². The van der Waals surface area contributed by atoms with E-state index in [-0.39, 0.29) is 18.9 Å². The van der Waals surface area contributed by atoms with Gasteiger partial charge in [0.05, 0.1) is 12.2 Å². The number of carbonyl (C=O) groups excluding carboxylic acids is 2. The van der Waals surface area contributed by atoms with Crippen molar-refractivity contribution < 1.29 is 18.0 Å². The van der Waals surface area contributed by atoms with Crippen molar-refractivity contribution in [1.29, 1.82) is 0 Å². The minimum atomic E-state index is -3.60. The summed E-state index contributed by atoms with van der Waals surface area (Å²) in [6, 6.07) is 7.52. The van der Waals surface area contributed by atoms with Crippen LogP contribution in [-0.4, -0.2) is 33.0 Å². The van der Waals surface area contributed by atoms with Gasteiger partial charge in [-0.2, -0.15) is 0 Å². The van der Waals surface area contributed by atoms with Crippen LogP contribution < -0.4 is 9.62 Å². The maximum absolute atomic E-state index is 12.1. The molecule has 1 fully saturated rings. The highest BCUT2D eigenvalue weighted by Crippen LogP contribution is 2.28. The van der Waals surface area contributed by atoms with Crippen LogP contribution in [-0.2, 0) is 26.0 Å². The van der Waals surface area contributed by atoms with Crippen molar-refractivity contribution in [1.82, 2.24) is 4.72 Å². The molecule has 21 heavy (non-hydrogen) atoms. The molecule has 0 aliphatic carbocycles. The lowest BCUT2D eigenvalue weighted by atomic mass is 10.1. The number of amides is 2. The van der Waals surface area contributed by atoms with Gasteiger partial charge in [-0.15, -0.1) is 0 Å². The van der Waals surface area contributed by atoms with Gasteiger partial charge >= 0.3 is 0 Å². The smallest absolute Gasteiger partial charge is 0.238 e. The van der Waals surface area contributed by atoms with Gasteiger partial charge in [-0.25, -0.2) is 8.42 Å². The van der Waals surface area contributed by atoms with Crippen LogP contribution in [0.4, 0.5) is 5.69 Å². The van der Waals surface area contributed by atoms with Gasteiger partial charge in [0.2, 0.25) is 21.8 Å². The molecule has 1 N–H and O–H groups in total. The first-order valence-corrected chi connectivity index (χ1v) is 8.61. The second kappa shape index (κ2) is 5.85. The zero-order valence-corrected chi connectivity index (χ0v) is 12.8. The van der Waals surface area contributed by atoms with Crippen LogP contribution in [0.2, 0.25) is 0 Å². The van der Waals surface area contributed by atoms with Gasteiger partial charge in [-0.1, -0.05) is 25.1 Å². The Labute approximate surface area is 124 Å². The summed E-state index contributed by atoms with van der Waals surface area (Å²) in [6.07, 6.45) is 1.73. The van der Waals surface area contributed by atoms with E-state index in [0.29, 0.717) is 0 Å². The molecule has 0 spiro atoms. The van der Waals surface area contributed by atoms with Gasteiger partial charge in [0.1, 0.15) is 0 Å². The van der Waals surface area contributed by atoms with Crippen LogP contribution in [0.3, 0.4) is 0 Å². The second-order valence-corrected chi connectivity index (χ2v) is 6.87. The van der Waals surface area contributed by atoms with Gasteiger partial charge in [0.15, 0.2) is 0 Å². The van der Waals surface area contributed by atoms with Crippen molar-refractivity contribution in [2.45, 2.75) is 19.8 Å². The Morgan fingerprint density at radius 3 is 2.67 bits per heavy atom. The number of hydrogen-bond acceptors (Lipinski definition) is 4. The number of anilines is 1. The summed E-state index contributed by atoms with van der Waals surface area (Å²) in [5.74, 6) is -1.43. The van der Waals surface area contributed by atoms with E-state index in [4.69, 9.17) is 0 Å². The molecule has 1 aliphatic heterocycles. The number of aryl methyl sites for hydroxylation is 1. The molecule has 1 heterocycles. The fraction of sp³-hybridized carbons (Fsp3) is 0.429. The van der Waals surface area contributed by atoms with Gasteiger partial charge in [-0.3, -0.25) is 14.3 Å². The highest BCUT2D eigenvalue weighted by molar-refractivity contribution is 7.89. The highest BCUT2D eigenvalue weighted by atomic mass is 32.2. The van der Waals surface area contributed by atoms with Crippen molar-refractivity contribution in [3.8, 4) is 0 Å². The zero-order valence-electron chi connectivity index (χ0n) is 12.0. The first-order valence-electron chi connectivity index (χ1n) is 6.71. The molecule has 2 rings (SSSR count). The summed E-state index contributed by atoms with van der Waals surface area (Å²) in [7, 11) is -3.60. The predicted molar refractivity (Wildman–Crippen MR) is 79.3 cm³/mol. The number of benzene rings is 1. The Balaban J connectivity index is 2.18. The molecule has 114 valence electrons. The molecule has 1 aliphatic rings. The molecule has 0 saturated carbocycles. The van der Waals surface area contributed by atoms with Gasteiger partial charge in [0.25, 0.3) is 0 Å². The van der Waals surface area contributed by atoms with E-state index in [2.05, 4.69) is 0 Å². The zero-order chi connectivity index (χ0) is 15.6. The molecule has 1 unspecified atom stereocenters. The maximum Gasteiger partial charge on any atom is 0.238 e. The van der Waals surface area contributed by atoms with Gasteiger partial charge in [0, 0.05) is 18.7 Å². The summed E-state index contributed by atoms with van der Waals surface area (Å²) >= 11 is 0. The molecule has 2 amide bonds. The molecular formula is C14H18N2O4S. The third-order valence-electron chi connectivity index (χ3n) is 3.45.